The molecule has 19 heavy (non-hydrogen) atoms. The Hall–Kier alpha value is -1.21. The SMILES string of the molecule is NCCC1CCCN(c2ncc([N+](=O)[O-])cc2Br)C1. The van der Waals surface area contributed by atoms with Crippen LogP contribution in [0.4, 0.5) is 11.5 Å². The van der Waals surface area contributed by atoms with Gasteiger partial charge >= 0.3 is 0 Å². The van der Waals surface area contributed by atoms with E-state index >= 15 is 0 Å². The fourth-order valence-electron chi connectivity index (χ4n) is 2.48. The second-order valence-corrected chi connectivity index (χ2v) is 5.64. The fourth-order valence-corrected chi connectivity index (χ4v) is 3.07. The average molecular weight is 329 g/mol. The second kappa shape index (κ2) is 6.29. The third-order valence-corrected chi connectivity index (χ3v) is 4.00. The van der Waals surface area contributed by atoms with Crippen LogP contribution in [0.25, 0.3) is 0 Å². The predicted octanol–water partition coefficient (Wildman–Crippen LogP) is 2.32. The number of aromatic nitrogens is 1. The summed E-state index contributed by atoms with van der Waals surface area (Å²) in [5, 5.41) is 10.7. The monoisotopic (exact) mass is 328 g/mol. The summed E-state index contributed by atoms with van der Waals surface area (Å²) in [7, 11) is 0. The minimum atomic E-state index is -0.436. The minimum Gasteiger partial charge on any atom is -0.355 e. The Bertz CT molecular complexity index is 467. The molecule has 1 atom stereocenters. The van der Waals surface area contributed by atoms with E-state index in [4.69, 9.17) is 5.73 Å². The van der Waals surface area contributed by atoms with E-state index in [1.165, 1.54) is 18.7 Å². The molecule has 1 unspecified atom stereocenters. The first-order chi connectivity index (χ1) is 9.11. The van der Waals surface area contributed by atoms with Crippen LogP contribution in [0.3, 0.4) is 0 Å². The van der Waals surface area contributed by atoms with Gasteiger partial charge in [-0.2, -0.15) is 0 Å². The highest BCUT2D eigenvalue weighted by Gasteiger charge is 2.23. The van der Waals surface area contributed by atoms with Crippen LogP contribution in [-0.2, 0) is 0 Å². The van der Waals surface area contributed by atoms with Crippen LogP contribution in [0.2, 0.25) is 0 Å². The van der Waals surface area contributed by atoms with Gasteiger partial charge in [0.1, 0.15) is 12.0 Å². The first kappa shape index (κ1) is 14.2. The van der Waals surface area contributed by atoms with Crippen LogP contribution in [0.1, 0.15) is 19.3 Å². The van der Waals surface area contributed by atoms with Crippen molar-refractivity contribution < 1.29 is 4.92 Å². The predicted molar refractivity (Wildman–Crippen MR) is 77.2 cm³/mol. The van der Waals surface area contributed by atoms with Crippen LogP contribution >= 0.6 is 15.9 Å². The molecule has 1 aliphatic rings. The Morgan fingerprint density at radius 2 is 2.42 bits per heavy atom. The van der Waals surface area contributed by atoms with Gasteiger partial charge in [-0.1, -0.05) is 0 Å². The fraction of sp³-hybridized carbons (Fsp3) is 0.583. The Balaban J connectivity index is 2.15. The Morgan fingerprint density at radius 3 is 3.05 bits per heavy atom. The van der Waals surface area contributed by atoms with Gasteiger partial charge in [-0.15, -0.1) is 0 Å². The molecule has 2 rings (SSSR count). The van der Waals surface area contributed by atoms with Crippen molar-refractivity contribution in [3.8, 4) is 0 Å². The largest absolute Gasteiger partial charge is 0.355 e. The van der Waals surface area contributed by atoms with E-state index in [-0.39, 0.29) is 5.69 Å². The summed E-state index contributed by atoms with van der Waals surface area (Å²) >= 11 is 3.38. The van der Waals surface area contributed by atoms with E-state index in [0.717, 1.165) is 31.7 Å². The number of anilines is 1. The summed E-state index contributed by atoms with van der Waals surface area (Å²) in [6, 6.07) is 1.51. The van der Waals surface area contributed by atoms with Gasteiger partial charge in [0.25, 0.3) is 5.69 Å². The van der Waals surface area contributed by atoms with Gasteiger partial charge < -0.3 is 10.6 Å². The maximum Gasteiger partial charge on any atom is 0.288 e. The Labute approximate surface area is 120 Å². The van der Waals surface area contributed by atoms with Crippen molar-refractivity contribution in [3.63, 3.8) is 0 Å². The normalized spacial score (nSPS) is 19.5. The van der Waals surface area contributed by atoms with E-state index in [2.05, 4.69) is 25.8 Å². The third-order valence-electron chi connectivity index (χ3n) is 3.41. The molecule has 0 aromatic carbocycles. The lowest BCUT2D eigenvalue weighted by molar-refractivity contribution is -0.385. The van der Waals surface area contributed by atoms with Crippen LogP contribution < -0.4 is 10.6 Å². The molecule has 0 spiro atoms. The van der Waals surface area contributed by atoms with Crippen LogP contribution in [0.15, 0.2) is 16.7 Å². The number of pyridine rings is 1. The summed E-state index contributed by atoms with van der Waals surface area (Å²) in [4.78, 5) is 16.7. The van der Waals surface area contributed by atoms with Crippen molar-refractivity contribution in [1.29, 1.82) is 0 Å². The van der Waals surface area contributed by atoms with E-state index in [0.29, 0.717) is 16.9 Å². The molecular formula is C12H17BrN4O2. The molecule has 1 aromatic rings. The van der Waals surface area contributed by atoms with Crippen molar-refractivity contribution in [2.24, 2.45) is 11.7 Å². The van der Waals surface area contributed by atoms with Crippen molar-refractivity contribution in [1.82, 2.24) is 4.98 Å². The number of nitro groups is 1. The van der Waals surface area contributed by atoms with Gasteiger partial charge in [-0.3, -0.25) is 10.1 Å². The molecule has 0 amide bonds. The average Bonchev–Trinajstić information content (AvgIpc) is 2.39. The van der Waals surface area contributed by atoms with E-state index in [9.17, 15) is 10.1 Å². The van der Waals surface area contributed by atoms with Crippen LogP contribution in [-0.4, -0.2) is 29.5 Å². The molecule has 2 N–H and O–H groups in total. The number of nitrogens with zero attached hydrogens (tertiary/aromatic N) is 3. The highest BCUT2D eigenvalue weighted by Crippen LogP contribution is 2.31. The zero-order chi connectivity index (χ0) is 13.8. The van der Waals surface area contributed by atoms with Crippen molar-refractivity contribution in [3.05, 3.63) is 26.9 Å². The number of hydrogen-bond donors (Lipinski definition) is 1. The van der Waals surface area contributed by atoms with Crippen LogP contribution in [0, 0.1) is 16.0 Å². The van der Waals surface area contributed by atoms with Gasteiger partial charge in [-0.25, -0.2) is 4.98 Å². The number of rotatable bonds is 4. The van der Waals surface area contributed by atoms with E-state index in [1.54, 1.807) is 0 Å². The van der Waals surface area contributed by atoms with E-state index in [1.807, 2.05) is 0 Å². The van der Waals surface area contributed by atoms with Gasteiger partial charge in [0.05, 0.1) is 9.40 Å². The number of hydrogen-bond acceptors (Lipinski definition) is 5. The number of piperidine rings is 1. The van der Waals surface area contributed by atoms with Crippen molar-refractivity contribution >= 4 is 27.4 Å². The lowest BCUT2D eigenvalue weighted by Crippen LogP contribution is -2.36. The number of halogens is 1. The summed E-state index contributed by atoms with van der Waals surface area (Å²) in [6.45, 7) is 2.55. The molecular weight excluding hydrogens is 312 g/mol. The molecule has 0 radical (unpaired) electrons. The standard InChI is InChI=1S/C12H17BrN4O2/c13-11-6-10(17(18)19)7-15-12(11)16-5-1-2-9(8-16)3-4-14/h6-7,9H,1-5,8,14H2. The highest BCUT2D eigenvalue weighted by molar-refractivity contribution is 9.10. The maximum atomic E-state index is 10.7. The van der Waals surface area contributed by atoms with Crippen LogP contribution in [0.5, 0.6) is 0 Å². The molecule has 104 valence electrons. The molecule has 7 heteroatoms. The molecule has 0 aliphatic carbocycles. The zero-order valence-corrected chi connectivity index (χ0v) is 12.2. The molecule has 0 saturated carbocycles. The number of nitrogens with two attached hydrogens (primary N) is 1. The lowest BCUT2D eigenvalue weighted by atomic mass is 9.95. The molecule has 0 bridgehead atoms. The summed E-state index contributed by atoms with van der Waals surface area (Å²) in [5.74, 6) is 1.37. The van der Waals surface area contributed by atoms with Gasteiger partial charge in [0.15, 0.2) is 0 Å². The summed E-state index contributed by atoms with van der Waals surface area (Å²) < 4.78 is 0.676. The molecule has 1 aliphatic heterocycles. The first-order valence-corrected chi connectivity index (χ1v) is 7.16. The Morgan fingerprint density at radius 1 is 1.63 bits per heavy atom. The van der Waals surface area contributed by atoms with Gasteiger partial charge in [0, 0.05) is 19.2 Å². The van der Waals surface area contributed by atoms with Gasteiger partial charge in [0.2, 0.25) is 0 Å². The summed E-state index contributed by atoms with van der Waals surface area (Å²) in [6.07, 6.45) is 4.63. The van der Waals surface area contributed by atoms with Gasteiger partial charge in [-0.05, 0) is 47.7 Å². The highest BCUT2D eigenvalue weighted by atomic mass is 79.9. The molecule has 2 heterocycles. The topological polar surface area (TPSA) is 85.3 Å². The van der Waals surface area contributed by atoms with E-state index < -0.39 is 4.92 Å². The second-order valence-electron chi connectivity index (χ2n) is 4.79. The molecule has 6 nitrogen and oxygen atoms in total. The maximum absolute atomic E-state index is 10.7. The molecule has 1 fully saturated rings. The molecule has 1 saturated heterocycles. The minimum absolute atomic E-state index is 0.00569. The molecule has 1 aromatic heterocycles. The lowest BCUT2D eigenvalue weighted by Gasteiger charge is -2.33. The third kappa shape index (κ3) is 3.42. The van der Waals surface area contributed by atoms with Crippen molar-refractivity contribution in [2.75, 3.05) is 24.5 Å². The quantitative estimate of drug-likeness (QED) is 0.677. The Kier molecular flexibility index (Phi) is 4.71. The van der Waals surface area contributed by atoms with Crippen molar-refractivity contribution in [2.45, 2.75) is 19.3 Å². The summed E-state index contributed by atoms with van der Waals surface area (Å²) in [5.41, 5.74) is 5.61. The smallest absolute Gasteiger partial charge is 0.288 e. The zero-order valence-electron chi connectivity index (χ0n) is 10.6. The first-order valence-electron chi connectivity index (χ1n) is 6.36.